The highest BCUT2D eigenvalue weighted by Gasteiger charge is 2.48. The summed E-state index contributed by atoms with van der Waals surface area (Å²) in [6.45, 7) is 6.07. The van der Waals surface area contributed by atoms with Crippen molar-refractivity contribution in [3.8, 4) is 0 Å². The van der Waals surface area contributed by atoms with Crippen molar-refractivity contribution in [3.05, 3.63) is 51.7 Å². The van der Waals surface area contributed by atoms with Crippen LogP contribution in [0.15, 0.2) is 29.6 Å². The number of halogens is 1. The average Bonchev–Trinajstić information content (AvgIpc) is 2.99. The monoisotopic (exact) mass is 373 g/mol. The summed E-state index contributed by atoms with van der Waals surface area (Å²) in [5.41, 5.74) is 1.45. The van der Waals surface area contributed by atoms with E-state index in [9.17, 15) is 9.18 Å². The maximum atomic E-state index is 13.7. The van der Waals surface area contributed by atoms with E-state index in [1.54, 1.807) is 17.4 Å². The van der Waals surface area contributed by atoms with Crippen LogP contribution < -0.4 is 0 Å². The Bertz CT molecular complexity index is 794. The summed E-state index contributed by atoms with van der Waals surface area (Å²) in [7, 11) is 0. The molecule has 1 aliphatic heterocycles. The number of amides is 1. The summed E-state index contributed by atoms with van der Waals surface area (Å²) >= 11 is 1.68. The number of hydrogen-bond acceptors (Lipinski definition) is 4. The molecule has 0 spiro atoms. The fourth-order valence-electron chi connectivity index (χ4n) is 4.06. The van der Waals surface area contributed by atoms with E-state index in [2.05, 4.69) is 15.3 Å². The van der Waals surface area contributed by atoms with Crippen LogP contribution in [0, 0.1) is 12.7 Å². The van der Waals surface area contributed by atoms with Crippen molar-refractivity contribution >= 4 is 17.2 Å². The molecule has 0 atom stereocenters. The van der Waals surface area contributed by atoms with Gasteiger partial charge in [-0.1, -0.05) is 18.6 Å². The first-order chi connectivity index (χ1) is 12.6. The lowest BCUT2D eigenvalue weighted by Gasteiger charge is -2.46. The van der Waals surface area contributed by atoms with E-state index in [1.807, 2.05) is 17.9 Å². The molecule has 2 aliphatic rings. The fraction of sp³-hybridized carbons (Fsp3) is 0.500. The highest BCUT2D eigenvalue weighted by molar-refractivity contribution is 7.09. The first kappa shape index (κ1) is 17.6. The van der Waals surface area contributed by atoms with E-state index < -0.39 is 5.41 Å². The molecule has 2 fully saturated rings. The Morgan fingerprint density at radius 1 is 1.27 bits per heavy atom. The van der Waals surface area contributed by atoms with Crippen molar-refractivity contribution in [2.75, 3.05) is 26.2 Å². The van der Waals surface area contributed by atoms with Gasteiger partial charge in [-0.05, 0) is 37.5 Å². The normalized spacial score (nSPS) is 20.0. The van der Waals surface area contributed by atoms with Crippen LogP contribution in [0.3, 0.4) is 0 Å². The second-order valence-electron chi connectivity index (χ2n) is 7.37. The summed E-state index contributed by atoms with van der Waals surface area (Å²) in [5.74, 6) is -0.0801. The Labute approximate surface area is 157 Å². The zero-order chi connectivity index (χ0) is 18.1. The minimum atomic E-state index is -0.504. The Hall–Kier alpha value is -1.79. The third-order valence-corrected chi connectivity index (χ3v) is 6.53. The van der Waals surface area contributed by atoms with Gasteiger partial charge >= 0.3 is 0 Å². The van der Waals surface area contributed by atoms with Crippen LogP contribution in [-0.2, 0) is 16.8 Å². The van der Waals surface area contributed by atoms with Crippen LogP contribution >= 0.6 is 11.3 Å². The third kappa shape index (κ3) is 3.28. The number of thiazole rings is 1. The van der Waals surface area contributed by atoms with Crippen LogP contribution in [0.1, 0.15) is 35.5 Å². The summed E-state index contributed by atoms with van der Waals surface area (Å²) in [6.07, 6.45) is 2.69. The van der Waals surface area contributed by atoms with Gasteiger partial charge in [0, 0.05) is 38.1 Å². The fourth-order valence-corrected chi connectivity index (χ4v) is 4.67. The molecule has 0 unspecified atom stereocenters. The molecule has 1 saturated heterocycles. The lowest BCUT2D eigenvalue weighted by atomic mass is 9.63. The Balaban J connectivity index is 1.41. The van der Waals surface area contributed by atoms with E-state index in [4.69, 9.17) is 0 Å². The molecule has 1 aromatic carbocycles. The molecule has 2 heterocycles. The van der Waals surface area contributed by atoms with Crippen LogP contribution in [0.5, 0.6) is 0 Å². The van der Waals surface area contributed by atoms with Crippen molar-refractivity contribution in [3.63, 3.8) is 0 Å². The van der Waals surface area contributed by atoms with Gasteiger partial charge in [0.25, 0.3) is 0 Å². The molecule has 1 aliphatic carbocycles. The summed E-state index contributed by atoms with van der Waals surface area (Å²) < 4.78 is 13.7. The van der Waals surface area contributed by atoms with Crippen LogP contribution in [0.25, 0.3) is 0 Å². The maximum Gasteiger partial charge on any atom is 0.233 e. The minimum absolute atomic E-state index is 0.179. The van der Waals surface area contributed by atoms with Crippen LogP contribution in [-0.4, -0.2) is 46.9 Å². The molecule has 0 radical (unpaired) electrons. The van der Waals surface area contributed by atoms with Gasteiger partial charge in [0.05, 0.1) is 16.1 Å². The molecule has 26 heavy (non-hydrogen) atoms. The number of hydrogen-bond donors (Lipinski definition) is 0. The van der Waals surface area contributed by atoms with Gasteiger partial charge in [-0.3, -0.25) is 9.69 Å². The summed E-state index contributed by atoms with van der Waals surface area (Å²) in [6, 6.07) is 6.60. The first-order valence-corrected chi connectivity index (χ1v) is 10.1. The predicted molar refractivity (Wildman–Crippen MR) is 101 cm³/mol. The van der Waals surface area contributed by atoms with Crippen molar-refractivity contribution < 1.29 is 9.18 Å². The average molecular weight is 373 g/mol. The van der Waals surface area contributed by atoms with Gasteiger partial charge in [0.2, 0.25) is 5.91 Å². The number of aryl methyl sites for hydroxylation is 1. The Kier molecular flexibility index (Phi) is 4.80. The molecule has 1 aromatic heterocycles. The van der Waals surface area contributed by atoms with Gasteiger partial charge in [-0.15, -0.1) is 11.3 Å². The highest BCUT2D eigenvalue weighted by Crippen LogP contribution is 2.45. The maximum absolute atomic E-state index is 13.7. The SMILES string of the molecule is Cc1nc(CN2CCN(C(=O)C3(c4cccc(F)c4)CCC3)CC2)cs1. The highest BCUT2D eigenvalue weighted by atomic mass is 32.1. The molecule has 6 heteroatoms. The lowest BCUT2D eigenvalue weighted by molar-refractivity contribution is -0.142. The first-order valence-electron chi connectivity index (χ1n) is 9.26. The molecular formula is C20H24FN3OS. The predicted octanol–water partition coefficient (Wildman–Crippen LogP) is 3.36. The topological polar surface area (TPSA) is 36.4 Å². The zero-order valence-electron chi connectivity index (χ0n) is 15.1. The Morgan fingerprint density at radius 3 is 2.62 bits per heavy atom. The van der Waals surface area contributed by atoms with Crippen LogP contribution in [0.4, 0.5) is 4.39 Å². The summed E-state index contributed by atoms with van der Waals surface area (Å²) in [4.78, 5) is 22.1. The van der Waals surface area contributed by atoms with Gasteiger partial charge < -0.3 is 4.90 Å². The van der Waals surface area contributed by atoms with E-state index in [-0.39, 0.29) is 11.7 Å². The number of nitrogens with zero attached hydrogens (tertiary/aromatic N) is 3. The largest absolute Gasteiger partial charge is 0.339 e. The molecule has 4 rings (SSSR count). The van der Waals surface area contributed by atoms with E-state index in [1.165, 1.54) is 12.1 Å². The second kappa shape index (κ2) is 7.08. The van der Waals surface area contributed by atoms with Crippen molar-refractivity contribution in [2.24, 2.45) is 0 Å². The quantitative estimate of drug-likeness (QED) is 0.825. The lowest BCUT2D eigenvalue weighted by Crippen LogP contribution is -2.56. The number of benzene rings is 1. The molecule has 0 bridgehead atoms. The number of rotatable bonds is 4. The van der Waals surface area contributed by atoms with E-state index >= 15 is 0 Å². The number of piperazine rings is 1. The Morgan fingerprint density at radius 2 is 2.04 bits per heavy atom. The molecular weight excluding hydrogens is 349 g/mol. The van der Waals surface area contributed by atoms with Gasteiger partial charge in [-0.2, -0.15) is 0 Å². The van der Waals surface area contributed by atoms with E-state index in [0.717, 1.165) is 68.3 Å². The molecule has 1 amide bonds. The zero-order valence-corrected chi connectivity index (χ0v) is 15.9. The van der Waals surface area contributed by atoms with E-state index in [0.29, 0.717) is 0 Å². The van der Waals surface area contributed by atoms with Gasteiger partial charge in [0.1, 0.15) is 5.82 Å². The molecule has 138 valence electrons. The molecule has 2 aromatic rings. The van der Waals surface area contributed by atoms with Gasteiger partial charge in [0.15, 0.2) is 0 Å². The minimum Gasteiger partial charge on any atom is -0.339 e. The van der Waals surface area contributed by atoms with Crippen molar-refractivity contribution in [2.45, 2.75) is 38.1 Å². The smallest absolute Gasteiger partial charge is 0.233 e. The molecule has 0 N–H and O–H groups in total. The van der Waals surface area contributed by atoms with Crippen molar-refractivity contribution in [1.82, 2.24) is 14.8 Å². The number of carbonyl (C=O) groups excluding carboxylic acids is 1. The van der Waals surface area contributed by atoms with Gasteiger partial charge in [-0.25, -0.2) is 9.37 Å². The molecule has 1 saturated carbocycles. The number of carbonyl (C=O) groups is 1. The standard InChI is InChI=1S/C20H24FN3OS/c1-15-22-18(14-26-15)13-23-8-10-24(11-9-23)19(25)20(6-3-7-20)16-4-2-5-17(21)12-16/h2,4-5,12,14H,3,6-11,13H2,1H3. The summed E-state index contributed by atoms with van der Waals surface area (Å²) in [5, 5.41) is 3.20. The number of aromatic nitrogens is 1. The second-order valence-corrected chi connectivity index (χ2v) is 8.43. The van der Waals surface area contributed by atoms with Crippen LogP contribution in [0.2, 0.25) is 0 Å². The van der Waals surface area contributed by atoms with Crippen molar-refractivity contribution in [1.29, 1.82) is 0 Å². The third-order valence-electron chi connectivity index (χ3n) is 5.71. The molecule has 4 nitrogen and oxygen atoms in total.